The van der Waals surface area contributed by atoms with Gasteiger partial charge in [0.05, 0.1) is 11.9 Å². The van der Waals surface area contributed by atoms with Crippen molar-refractivity contribution >= 4 is 5.69 Å². The monoisotopic (exact) mass is 238 g/mol. The van der Waals surface area contributed by atoms with Gasteiger partial charge in [0.15, 0.2) is 0 Å². The summed E-state index contributed by atoms with van der Waals surface area (Å²) < 4.78 is 1.51. The molecule has 0 radical (unpaired) electrons. The van der Waals surface area contributed by atoms with Gasteiger partial charge in [0.25, 0.3) is 5.56 Å². The van der Waals surface area contributed by atoms with Crippen molar-refractivity contribution in [3.63, 3.8) is 0 Å². The number of aromatic nitrogens is 2. The van der Waals surface area contributed by atoms with Gasteiger partial charge in [0, 0.05) is 26.2 Å². The van der Waals surface area contributed by atoms with E-state index in [-0.39, 0.29) is 5.56 Å². The highest BCUT2D eigenvalue weighted by Gasteiger charge is 2.03. The third kappa shape index (κ3) is 4.19. The van der Waals surface area contributed by atoms with Crippen molar-refractivity contribution in [1.82, 2.24) is 15.1 Å². The molecule has 0 spiro atoms. The zero-order valence-corrected chi connectivity index (χ0v) is 10.9. The molecule has 17 heavy (non-hydrogen) atoms. The summed E-state index contributed by atoms with van der Waals surface area (Å²) in [6.45, 7) is 4.61. The van der Waals surface area contributed by atoms with Crippen molar-refractivity contribution < 1.29 is 0 Å². The zero-order chi connectivity index (χ0) is 12.7. The molecule has 5 heteroatoms. The van der Waals surface area contributed by atoms with E-state index in [2.05, 4.69) is 17.3 Å². The molecule has 1 heterocycles. The Morgan fingerprint density at radius 2 is 2.29 bits per heavy atom. The van der Waals surface area contributed by atoms with Crippen molar-refractivity contribution in [1.29, 1.82) is 0 Å². The van der Waals surface area contributed by atoms with Crippen molar-refractivity contribution in [3.8, 4) is 0 Å². The maximum Gasteiger partial charge on any atom is 0.268 e. The molecule has 0 aromatic carbocycles. The zero-order valence-electron chi connectivity index (χ0n) is 10.9. The summed E-state index contributed by atoms with van der Waals surface area (Å²) in [6.07, 6.45) is 3.73. The largest absolute Gasteiger partial charge is 0.373 e. The topological polar surface area (TPSA) is 50.2 Å². The third-order valence-electron chi connectivity index (χ3n) is 2.65. The second-order valence-corrected chi connectivity index (χ2v) is 4.15. The number of nitrogens with one attached hydrogen (secondary N) is 1. The smallest absolute Gasteiger partial charge is 0.268 e. The fraction of sp³-hybridized carbons (Fsp3) is 0.667. The molecule has 0 bridgehead atoms. The van der Waals surface area contributed by atoms with Gasteiger partial charge in [-0.2, -0.15) is 5.10 Å². The van der Waals surface area contributed by atoms with Gasteiger partial charge in [0.2, 0.25) is 0 Å². The predicted molar refractivity (Wildman–Crippen MR) is 70.6 cm³/mol. The van der Waals surface area contributed by atoms with Crippen LogP contribution in [0.4, 0.5) is 5.69 Å². The maximum absolute atomic E-state index is 11.8. The molecule has 1 aromatic rings. The fourth-order valence-corrected chi connectivity index (χ4v) is 1.67. The standard InChI is InChI=1S/C12H22N4O/c1-4-7-15(3)11-9-12(17)16(14-10-11)8-5-6-13-2/h9-10,13H,4-8H2,1-3H3. The van der Waals surface area contributed by atoms with Crippen molar-refractivity contribution in [2.75, 3.05) is 32.1 Å². The van der Waals surface area contributed by atoms with Gasteiger partial charge in [-0.25, -0.2) is 4.68 Å². The van der Waals surface area contributed by atoms with E-state index in [0.717, 1.165) is 31.6 Å². The lowest BCUT2D eigenvalue weighted by Crippen LogP contribution is -2.27. The van der Waals surface area contributed by atoms with Crippen LogP contribution >= 0.6 is 0 Å². The van der Waals surface area contributed by atoms with Gasteiger partial charge in [-0.15, -0.1) is 0 Å². The highest BCUT2D eigenvalue weighted by Crippen LogP contribution is 2.06. The molecule has 96 valence electrons. The highest BCUT2D eigenvalue weighted by molar-refractivity contribution is 5.41. The number of rotatable bonds is 7. The van der Waals surface area contributed by atoms with Gasteiger partial charge in [-0.3, -0.25) is 4.79 Å². The Hall–Kier alpha value is -1.36. The van der Waals surface area contributed by atoms with Crippen LogP contribution in [-0.2, 0) is 6.54 Å². The van der Waals surface area contributed by atoms with Crippen molar-refractivity contribution in [3.05, 3.63) is 22.6 Å². The minimum Gasteiger partial charge on any atom is -0.373 e. The Morgan fingerprint density at radius 3 is 2.88 bits per heavy atom. The number of hydrogen-bond acceptors (Lipinski definition) is 4. The highest BCUT2D eigenvalue weighted by atomic mass is 16.1. The second kappa shape index (κ2) is 7.06. The molecule has 0 fully saturated rings. The summed E-state index contributed by atoms with van der Waals surface area (Å²) in [7, 11) is 3.88. The van der Waals surface area contributed by atoms with Gasteiger partial charge in [-0.1, -0.05) is 6.92 Å². The van der Waals surface area contributed by atoms with Crippen LogP contribution in [-0.4, -0.2) is 37.0 Å². The minimum atomic E-state index is -0.0263. The molecule has 0 atom stereocenters. The minimum absolute atomic E-state index is 0.0263. The number of anilines is 1. The summed E-state index contributed by atoms with van der Waals surface area (Å²) in [5, 5.41) is 7.24. The van der Waals surface area contributed by atoms with E-state index in [9.17, 15) is 4.79 Å². The van der Waals surface area contributed by atoms with Crippen LogP contribution in [0.1, 0.15) is 19.8 Å². The Kier molecular flexibility index (Phi) is 5.69. The first-order valence-electron chi connectivity index (χ1n) is 6.12. The van der Waals surface area contributed by atoms with E-state index in [0.29, 0.717) is 6.54 Å². The quantitative estimate of drug-likeness (QED) is 0.710. The van der Waals surface area contributed by atoms with Gasteiger partial charge in [0.1, 0.15) is 0 Å². The molecule has 1 aromatic heterocycles. The molecule has 0 unspecified atom stereocenters. The molecule has 0 saturated carbocycles. The van der Waals surface area contributed by atoms with Crippen LogP contribution in [0.2, 0.25) is 0 Å². The SMILES string of the molecule is CCCN(C)c1cnn(CCCNC)c(=O)c1. The molecular formula is C12H22N4O. The van der Waals surface area contributed by atoms with Crippen LogP contribution in [0, 0.1) is 0 Å². The summed E-state index contributed by atoms with van der Waals surface area (Å²) in [5.74, 6) is 0. The summed E-state index contributed by atoms with van der Waals surface area (Å²) in [4.78, 5) is 13.8. The first-order valence-corrected chi connectivity index (χ1v) is 6.12. The van der Waals surface area contributed by atoms with Gasteiger partial charge < -0.3 is 10.2 Å². The van der Waals surface area contributed by atoms with E-state index in [1.54, 1.807) is 12.3 Å². The molecule has 1 N–H and O–H groups in total. The van der Waals surface area contributed by atoms with Crippen molar-refractivity contribution in [2.45, 2.75) is 26.3 Å². The molecule has 0 saturated heterocycles. The lowest BCUT2D eigenvalue weighted by atomic mass is 10.3. The van der Waals surface area contributed by atoms with Crippen LogP contribution in [0.15, 0.2) is 17.1 Å². The first kappa shape index (κ1) is 13.7. The normalized spacial score (nSPS) is 10.5. The Balaban J connectivity index is 2.69. The van der Waals surface area contributed by atoms with E-state index in [1.165, 1.54) is 4.68 Å². The van der Waals surface area contributed by atoms with E-state index in [4.69, 9.17) is 0 Å². The molecule has 0 amide bonds. The molecular weight excluding hydrogens is 216 g/mol. The van der Waals surface area contributed by atoms with E-state index >= 15 is 0 Å². The lowest BCUT2D eigenvalue weighted by molar-refractivity contribution is 0.536. The van der Waals surface area contributed by atoms with Crippen molar-refractivity contribution in [2.24, 2.45) is 0 Å². The van der Waals surface area contributed by atoms with E-state index in [1.807, 2.05) is 19.0 Å². The third-order valence-corrected chi connectivity index (χ3v) is 2.65. The fourth-order valence-electron chi connectivity index (χ4n) is 1.67. The molecule has 1 rings (SSSR count). The molecule has 0 aliphatic carbocycles. The predicted octanol–water partition coefficient (Wildman–Crippen LogP) is 0.699. The molecule has 5 nitrogen and oxygen atoms in total. The average molecular weight is 238 g/mol. The van der Waals surface area contributed by atoms with Crippen LogP contribution < -0.4 is 15.8 Å². The Morgan fingerprint density at radius 1 is 1.53 bits per heavy atom. The number of aryl methyl sites for hydroxylation is 1. The van der Waals surface area contributed by atoms with Gasteiger partial charge >= 0.3 is 0 Å². The second-order valence-electron chi connectivity index (χ2n) is 4.15. The molecule has 0 aliphatic rings. The molecule has 0 aliphatic heterocycles. The maximum atomic E-state index is 11.8. The van der Waals surface area contributed by atoms with Crippen LogP contribution in [0.3, 0.4) is 0 Å². The Labute approximate surface area is 102 Å². The number of nitrogens with zero attached hydrogens (tertiary/aromatic N) is 3. The first-order chi connectivity index (χ1) is 8.19. The van der Waals surface area contributed by atoms with Gasteiger partial charge in [-0.05, 0) is 26.4 Å². The number of hydrogen-bond donors (Lipinski definition) is 1. The summed E-state index contributed by atoms with van der Waals surface area (Å²) >= 11 is 0. The van der Waals surface area contributed by atoms with Crippen LogP contribution in [0.25, 0.3) is 0 Å². The van der Waals surface area contributed by atoms with Crippen LogP contribution in [0.5, 0.6) is 0 Å². The Bertz CT molecular complexity index is 388. The summed E-state index contributed by atoms with van der Waals surface area (Å²) in [6, 6.07) is 1.65. The average Bonchev–Trinajstić information content (AvgIpc) is 2.31. The lowest BCUT2D eigenvalue weighted by Gasteiger charge is -2.17. The van der Waals surface area contributed by atoms with E-state index < -0.39 is 0 Å². The summed E-state index contributed by atoms with van der Waals surface area (Å²) in [5.41, 5.74) is 0.864.